The molecule has 3 fully saturated rings. The van der Waals surface area contributed by atoms with E-state index in [1.165, 1.54) is 12.0 Å². The number of allylic oxidation sites excluding steroid dienone is 1. The summed E-state index contributed by atoms with van der Waals surface area (Å²) in [6.45, 7) is 8.65. The van der Waals surface area contributed by atoms with Crippen molar-refractivity contribution in [3.05, 3.63) is 41.6 Å². The van der Waals surface area contributed by atoms with E-state index in [0.717, 1.165) is 12.8 Å². The Bertz CT molecular complexity index is 2110. The number of ether oxygens (including phenoxy) is 3. The minimum Gasteiger partial charge on any atom is -0.497 e. The Morgan fingerprint density at radius 2 is 1.86 bits per heavy atom. The van der Waals surface area contributed by atoms with Crippen LogP contribution in [0, 0.1) is 18.8 Å². The zero-order chi connectivity index (χ0) is 41.1. The lowest BCUT2D eigenvalue weighted by Gasteiger charge is -2.38. The SMILES string of the molecule is COc1ccc2nc(C)c3c(c2c1)[C@H](F)C[C@]1(C[C@H]2C(=O)N[C@]4(C(=O)NS(=O)(=O)C5(C)CC5)C[C@H]4/C=C\CCCCC[C@H](NC(=O)O[C@@H](C)C(C)C)C(=O)N2C1)O3. The third kappa shape index (κ3) is 7.77. The van der Waals surface area contributed by atoms with E-state index in [9.17, 15) is 27.6 Å². The normalized spacial score (nSPS) is 30.7. The monoisotopic (exact) mass is 811 g/mol. The highest BCUT2D eigenvalue weighted by Gasteiger charge is 2.64. The maximum Gasteiger partial charge on any atom is 0.408 e. The number of aryl methyl sites for hydroxylation is 1. The van der Waals surface area contributed by atoms with Gasteiger partial charge in [0.05, 0.1) is 29.6 Å². The summed E-state index contributed by atoms with van der Waals surface area (Å²) in [6, 6.07) is 2.83. The van der Waals surface area contributed by atoms with Crippen molar-refractivity contribution in [3.8, 4) is 11.5 Å². The molecule has 1 spiro atoms. The molecule has 7 atom stereocenters. The van der Waals surface area contributed by atoms with E-state index < -0.39 is 80.0 Å². The van der Waals surface area contributed by atoms with Crippen molar-refractivity contribution in [2.75, 3.05) is 13.7 Å². The average molecular weight is 812 g/mol. The highest BCUT2D eigenvalue weighted by molar-refractivity contribution is 7.91. The number of carbonyl (C=O) groups is 4. The topological polar surface area (TPSA) is 182 Å². The molecule has 3 N–H and O–H groups in total. The first-order chi connectivity index (χ1) is 26.9. The fraction of sp³-hybridized carbons (Fsp3) is 0.634. The molecule has 5 aliphatic rings. The van der Waals surface area contributed by atoms with Gasteiger partial charge in [-0.15, -0.1) is 0 Å². The first-order valence-corrected chi connectivity index (χ1v) is 21.5. The Kier molecular flexibility index (Phi) is 10.7. The quantitative estimate of drug-likeness (QED) is 0.314. The van der Waals surface area contributed by atoms with Gasteiger partial charge in [-0.05, 0) is 83.4 Å². The molecule has 1 aromatic carbocycles. The van der Waals surface area contributed by atoms with Gasteiger partial charge in [0.25, 0.3) is 5.91 Å². The van der Waals surface area contributed by atoms with Crippen molar-refractivity contribution < 1.29 is 46.2 Å². The van der Waals surface area contributed by atoms with E-state index in [0.29, 0.717) is 53.6 Å². The molecule has 0 bridgehead atoms. The number of aromatic nitrogens is 1. The van der Waals surface area contributed by atoms with Crippen LogP contribution in [0.2, 0.25) is 0 Å². The largest absolute Gasteiger partial charge is 0.497 e. The maximum atomic E-state index is 16.8. The van der Waals surface area contributed by atoms with Gasteiger partial charge in [0, 0.05) is 29.7 Å². The lowest BCUT2D eigenvalue weighted by atomic mass is 9.86. The standard InChI is InChI=1S/C41H54FN5O9S/c1-23(2)25(4)55-38(51)44-31-13-11-9-7-8-10-12-26-19-41(26,37(50)46-57(52,53)39(5)16-17-39)45-35(48)32-21-40(22-47(32)36(31)49)20-29(42)33-28-18-27(54-6)14-15-30(28)43-24(3)34(33)56-40/h10,12,14-15,18,23,25-26,29,31-32H,7-9,11,13,16-17,19-22H2,1-6H3,(H,44,51)(H,45,48)(H,46,50)/b12-10-/t25-,26+,29+,31-,32-,40+,41+/m0/s1. The number of hydrogen-bond acceptors (Lipinski definition) is 10. The van der Waals surface area contributed by atoms with Crippen molar-refractivity contribution in [2.45, 2.75) is 139 Å². The summed E-state index contributed by atoms with van der Waals surface area (Å²) in [5.74, 6) is -1.87. The van der Waals surface area contributed by atoms with Crippen LogP contribution in [0.15, 0.2) is 30.4 Å². The van der Waals surface area contributed by atoms with Gasteiger partial charge in [-0.2, -0.15) is 0 Å². The summed E-state index contributed by atoms with van der Waals surface area (Å²) in [6.07, 6.45) is 4.57. The molecule has 2 aliphatic carbocycles. The number of alkyl carbamates (subject to hydrolysis) is 1. The number of amides is 4. The zero-order valence-electron chi connectivity index (χ0n) is 33.5. The molecule has 2 aromatic rings. The predicted octanol–water partition coefficient (Wildman–Crippen LogP) is 5.22. The third-order valence-electron chi connectivity index (χ3n) is 12.7. The highest BCUT2D eigenvalue weighted by Crippen LogP contribution is 2.52. The molecule has 57 heavy (non-hydrogen) atoms. The van der Waals surface area contributed by atoms with E-state index in [1.807, 2.05) is 26.0 Å². The molecule has 1 saturated heterocycles. The average Bonchev–Trinajstić information content (AvgIpc) is 4.04. The number of nitrogens with zero attached hydrogens (tertiary/aromatic N) is 2. The van der Waals surface area contributed by atoms with Crippen molar-refractivity contribution in [1.82, 2.24) is 25.2 Å². The molecule has 7 rings (SSSR count). The second-order valence-corrected chi connectivity index (χ2v) is 19.4. The van der Waals surface area contributed by atoms with Crippen molar-refractivity contribution in [2.24, 2.45) is 11.8 Å². The lowest BCUT2D eigenvalue weighted by molar-refractivity contribution is -0.141. The van der Waals surface area contributed by atoms with E-state index in [-0.39, 0.29) is 43.9 Å². The number of methoxy groups -OCH3 is 1. The van der Waals surface area contributed by atoms with E-state index in [1.54, 1.807) is 39.0 Å². The molecule has 310 valence electrons. The van der Waals surface area contributed by atoms with Gasteiger partial charge in [0.15, 0.2) is 0 Å². The number of halogens is 1. The predicted molar refractivity (Wildman–Crippen MR) is 209 cm³/mol. The van der Waals surface area contributed by atoms with E-state index in [2.05, 4.69) is 20.3 Å². The van der Waals surface area contributed by atoms with Crippen LogP contribution in [0.3, 0.4) is 0 Å². The van der Waals surface area contributed by atoms with Crippen molar-refractivity contribution in [3.63, 3.8) is 0 Å². The Balaban J connectivity index is 1.25. The second kappa shape index (κ2) is 15.0. The second-order valence-electron chi connectivity index (χ2n) is 17.2. The fourth-order valence-electron chi connectivity index (χ4n) is 8.32. The molecule has 14 nitrogen and oxygen atoms in total. The van der Waals surface area contributed by atoms with Gasteiger partial charge in [0.1, 0.15) is 47.0 Å². The van der Waals surface area contributed by atoms with Crippen LogP contribution in [0.5, 0.6) is 11.5 Å². The third-order valence-corrected chi connectivity index (χ3v) is 14.8. The molecular weight excluding hydrogens is 758 g/mol. The first-order valence-electron chi connectivity index (χ1n) is 20.1. The van der Waals surface area contributed by atoms with Gasteiger partial charge in [-0.25, -0.2) is 22.6 Å². The van der Waals surface area contributed by atoms with Crippen molar-refractivity contribution >= 4 is 44.7 Å². The summed E-state index contributed by atoms with van der Waals surface area (Å²) in [5, 5.41) is 6.14. The van der Waals surface area contributed by atoms with Crippen LogP contribution >= 0.6 is 0 Å². The minimum atomic E-state index is -4.04. The molecule has 4 amide bonds. The highest BCUT2D eigenvalue weighted by atomic mass is 32.2. The maximum absolute atomic E-state index is 16.8. The number of benzene rings is 1. The van der Waals surface area contributed by atoms with Crippen LogP contribution in [-0.4, -0.2) is 89.8 Å². The minimum absolute atomic E-state index is 0.0213. The number of fused-ring (bicyclic) bond motifs is 5. The summed E-state index contributed by atoms with van der Waals surface area (Å²) >= 11 is 0. The number of alkyl halides is 1. The molecule has 4 heterocycles. The summed E-state index contributed by atoms with van der Waals surface area (Å²) in [4.78, 5) is 62.6. The molecule has 16 heteroatoms. The van der Waals surface area contributed by atoms with Gasteiger partial charge in [0.2, 0.25) is 21.8 Å². The smallest absolute Gasteiger partial charge is 0.408 e. The van der Waals surface area contributed by atoms with Gasteiger partial charge in [-0.3, -0.25) is 19.1 Å². The van der Waals surface area contributed by atoms with Crippen LogP contribution in [0.1, 0.15) is 109 Å². The summed E-state index contributed by atoms with van der Waals surface area (Å²) < 4.78 is 62.1. The Morgan fingerprint density at radius 3 is 2.56 bits per heavy atom. The Morgan fingerprint density at radius 1 is 1.11 bits per heavy atom. The van der Waals surface area contributed by atoms with Gasteiger partial charge >= 0.3 is 6.09 Å². The Hall–Kier alpha value is -4.47. The van der Waals surface area contributed by atoms with Crippen LogP contribution < -0.4 is 24.8 Å². The molecule has 1 aromatic heterocycles. The van der Waals surface area contributed by atoms with E-state index in [4.69, 9.17) is 14.2 Å². The fourth-order valence-corrected chi connectivity index (χ4v) is 9.63. The lowest BCUT2D eigenvalue weighted by Crippen LogP contribution is -2.58. The first kappa shape index (κ1) is 40.7. The van der Waals surface area contributed by atoms with Crippen molar-refractivity contribution in [1.29, 1.82) is 0 Å². The molecule has 2 saturated carbocycles. The number of nitrogens with one attached hydrogen (secondary N) is 3. The zero-order valence-corrected chi connectivity index (χ0v) is 34.3. The van der Waals surface area contributed by atoms with Crippen LogP contribution in [0.4, 0.5) is 9.18 Å². The molecule has 0 unspecified atom stereocenters. The number of rotatable bonds is 7. The number of pyridine rings is 1. The van der Waals surface area contributed by atoms with E-state index >= 15 is 4.39 Å². The summed E-state index contributed by atoms with van der Waals surface area (Å²) in [5.41, 5.74) is -1.69. The Labute approximate surface area is 333 Å². The molecule has 0 radical (unpaired) electrons. The van der Waals surface area contributed by atoms with Gasteiger partial charge < -0.3 is 29.7 Å². The number of sulfonamides is 1. The van der Waals surface area contributed by atoms with Crippen LogP contribution in [0.25, 0.3) is 10.9 Å². The summed E-state index contributed by atoms with van der Waals surface area (Å²) in [7, 11) is -2.52. The molecular formula is C41H54FN5O9S. The van der Waals surface area contributed by atoms with Crippen LogP contribution in [-0.2, 0) is 29.1 Å². The molecule has 3 aliphatic heterocycles. The number of hydrogen-bond donors (Lipinski definition) is 3. The number of carbonyl (C=O) groups excluding carboxylic acids is 4. The van der Waals surface area contributed by atoms with Gasteiger partial charge in [-0.1, -0.05) is 38.8 Å².